The third-order valence-electron chi connectivity index (χ3n) is 3.58. The molecule has 96 valence electrons. The first-order valence-electron chi connectivity index (χ1n) is 6.68. The molecule has 0 aliphatic carbocycles. The molecule has 2 aromatic rings. The van der Waals surface area contributed by atoms with Crippen molar-refractivity contribution in [1.29, 1.82) is 0 Å². The molecular formula is C17H16O2. The molecule has 1 aliphatic rings. The summed E-state index contributed by atoms with van der Waals surface area (Å²) in [5.74, 6) is 0.813. The van der Waals surface area contributed by atoms with Gasteiger partial charge in [0.1, 0.15) is 5.75 Å². The molecule has 0 amide bonds. The van der Waals surface area contributed by atoms with E-state index in [1.165, 1.54) is 5.56 Å². The Hall–Kier alpha value is -2.09. The summed E-state index contributed by atoms with van der Waals surface area (Å²) < 4.78 is 5.60. The first kappa shape index (κ1) is 12.0. The number of aryl methyl sites for hydroxylation is 1. The van der Waals surface area contributed by atoms with Crippen molar-refractivity contribution >= 4 is 5.78 Å². The van der Waals surface area contributed by atoms with Gasteiger partial charge in [-0.05, 0) is 23.6 Å². The van der Waals surface area contributed by atoms with Crippen LogP contribution in [0.4, 0.5) is 0 Å². The number of fused-ring (bicyclic) bond motifs is 1. The maximum absolute atomic E-state index is 12.5. The van der Waals surface area contributed by atoms with Crippen molar-refractivity contribution in [2.24, 2.45) is 0 Å². The zero-order chi connectivity index (χ0) is 13.2. The third-order valence-corrected chi connectivity index (χ3v) is 3.58. The van der Waals surface area contributed by atoms with Gasteiger partial charge in [-0.3, -0.25) is 4.79 Å². The van der Waals surface area contributed by atoms with E-state index in [0.29, 0.717) is 12.2 Å². The molecule has 2 aromatic carbocycles. The molecule has 0 radical (unpaired) electrons. The lowest BCUT2D eigenvalue weighted by Crippen LogP contribution is -2.03. The molecule has 2 heteroatoms. The third kappa shape index (κ3) is 2.14. The van der Waals surface area contributed by atoms with Gasteiger partial charge in [0.2, 0.25) is 0 Å². The van der Waals surface area contributed by atoms with Gasteiger partial charge in [0.25, 0.3) is 0 Å². The number of benzene rings is 2. The fraction of sp³-hybridized carbons (Fsp3) is 0.235. The highest BCUT2D eigenvalue weighted by Gasteiger charge is 2.21. The molecule has 0 unspecified atom stereocenters. The molecule has 2 nitrogen and oxygen atoms in total. The molecule has 0 fully saturated rings. The maximum Gasteiger partial charge on any atom is 0.196 e. The van der Waals surface area contributed by atoms with Crippen LogP contribution in [-0.2, 0) is 12.8 Å². The number of ketones is 1. The summed E-state index contributed by atoms with van der Waals surface area (Å²) in [5.41, 5.74) is 3.78. The Morgan fingerprint density at radius 3 is 2.68 bits per heavy atom. The lowest BCUT2D eigenvalue weighted by atomic mass is 9.99. The topological polar surface area (TPSA) is 26.3 Å². The quantitative estimate of drug-likeness (QED) is 0.782. The Balaban J connectivity index is 1.97. The molecule has 0 aromatic heterocycles. The van der Waals surface area contributed by atoms with Crippen LogP contribution in [0.25, 0.3) is 0 Å². The summed E-state index contributed by atoms with van der Waals surface area (Å²) in [4.78, 5) is 12.5. The van der Waals surface area contributed by atoms with E-state index < -0.39 is 0 Å². The molecule has 0 spiro atoms. The van der Waals surface area contributed by atoms with Crippen LogP contribution in [0, 0.1) is 0 Å². The van der Waals surface area contributed by atoms with Crippen molar-refractivity contribution in [1.82, 2.24) is 0 Å². The number of rotatable bonds is 3. The van der Waals surface area contributed by atoms with Crippen LogP contribution in [0.5, 0.6) is 5.75 Å². The van der Waals surface area contributed by atoms with Crippen LogP contribution in [0.3, 0.4) is 0 Å². The van der Waals surface area contributed by atoms with E-state index in [-0.39, 0.29) is 5.78 Å². The highest BCUT2D eigenvalue weighted by atomic mass is 16.5. The Morgan fingerprint density at radius 1 is 1.16 bits per heavy atom. The van der Waals surface area contributed by atoms with Gasteiger partial charge in [0, 0.05) is 12.0 Å². The van der Waals surface area contributed by atoms with Gasteiger partial charge in [0.15, 0.2) is 5.78 Å². The van der Waals surface area contributed by atoms with Crippen molar-refractivity contribution < 1.29 is 9.53 Å². The monoisotopic (exact) mass is 252 g/mol. The van der Waals surface area contributed by atoms with E-state index >= 15 is 0 Å². The average Bonchev–Trinajstić information content (AvgIpc) is 2.95. The summed E-state index contributed by atoms with van der Waals surface area (Å²) in [6.07, 6.45) is 1.88. The molecule has 1 heterocycles. The largest absolute Gasteiger partial charge is 0.492 e. The number of carbonyl (C=O) groups is 1. The van der Waals surface area contributed by atoms with Gasteiger partial charge in [-0.15, -0.1) is 0 Å². The number of carbonyl (C=O) groups excluding carboxylic acids is 1. The molecule has 0 saturated carbocycles. The standard InChI is InChI=1S/C17H16O2/c1-2-12-6-8-13(9-7-12)16(18)15-5-3-4-14-10-11-19-17(14)15/h3-9H,2,10-11H2,1H3. The van der Waals surface area contributed by atoms with Gasteiger partial charge >= 0.3 is 0 Å². The first-order chi connectivity index (χ1) is 9.29. The molecule has 0 N–H and O–H groups in total. The van der Waals surface area contributed by atoms with E-state index in [2.05, 4.69) is 6.92 Å². The lowest BCUT2D eigenvalue weighted by Gasteiger charge is -2.07. The fourth-order valence-electron chi connectivity index (χ4n) is 2.44. The Labute approximate surface area is 113 Å². The molecular weight excluding hydrogens is 236 g/mol. The van der Waals surface area contributed by atoms with Crippen LogP contribution in [-0.4, -0.2) is 12.4 Å². The van der Waals surface area contributed by atoms with Crippen LogP contribution in [0.2, 0.25) is 0 Å². The minimum absolute atomic E-state index is 0.0430. The zero-order valence-electron chi connectivity index (χ0n) is 11.0. The van der Waals surface area contributed by atoms with E-state index in [1.54, 1.807) is 0 Å². The summed E-state index contributed by atoms with van der Waals surface area (Å²) in [5, 5.41) is 0. The Morgan fingerprint density at radius 2 is 1.95 bits per heavy atom. The Bertz CT molecular complexity index is 612. The lowest BCUT2D eigenvalue weighted by molar-refractivity contribution is 0.103. The van der Waals surface area contributed by atoms with E-state index in [9.17, 15) is 4.79 Å². The van der Waals surface area contributed by atoms with Crippen molar-refractivity contribution in [3.05, 3.63) is 64.7 Å². The Kier molecular flexibility index (Phi) is 3.08. The summed E-state index contributed by atoms with van der Waals surface area (Å²) in [6, 6.07) is 13.6. The smallest absolute Gasteiger partial charge is 0.196 e. The van der Waals surface area contributed by atoms with Crippen LogP contribution in [0.15, 0.2) is 42.5 Å². The SMILES string of the molecule is CCc1ccc(C(=O)c2cccc3c2OCC3)cc1. The minimum Gasteiger partial charge on any atom is -0.492 e. The van der Waals surface area contributed by atoms with E-state index in [0.717, 1.165) is 29.7 Å². The summed E-state index contributed by atoms with van der Waals surface area (Å²) in [6.45, 7) is 2.78. The van der Waals surface area contributed by atoms with Gasteiger partial charge < -0.3 is 4.74 Å². The van der Waals surface area contributed by atoms with E-state index in [4.69, 9.17) is 4.74 Å². The average molecular weight is 252 g/mol. The van der Waals surface area contributed by atoms with Crippen LogP contribution in [0.1, 0.15) is 34.0 Å². The van der Waals surface area contributed by atoms with E-state index in [1.807, 2.05) is 42.5 Å². The number of hydrogen-bond donors (Lipinski definition) is 0. The molecule has 0 atom stereocenters. The van der Waals surface area contributed by atoms with Crippen molar-refractivity contribution in [2.75, 3.05) is 6.61 Å². The fourth-order valence-corrected chi connectivity index (χ4v) is 2.44. The highest BCUT2D eigenvalue weighted by molar-refractivity contribution is 6.11. The van der Waals surface area contributed by atoms with Crippen molar-refractivity contribution in [3.63, 3.8) is 0 Å². The summed E-state index contributed by atoms with van der Waals surface area (Å²) in [7, 11) is 0. The van der Waals surface area contributed by atoms with Crippen molar-refractivity contribution in [2.45, 2.75) is 19.8 Å². The van der Waals surface area contributed by atoms with Crippen molar-refractivity contribution in [3.8, 4) is 5.75 Å². The van der Waals surface area contributed by atoms with Gasteiger partial charge in [-0.2, -0.15) is 0 Å². The first-order valence-corrected chi connectivity index (χ1v) is 6.68. The van der Waals surface area contributed by atoms with Gasteiger partial charge in [-0.25, -0.2) is 0 Å². The number of hydrogen-bond acceptors (Lipinski definition) is 2. The maximum atomic E-state index is 12.5. The molecule has 0 bridgehead atoms. The second kappa shape index (κ2) is 4.88. The van der Waals surface area contributed by atoms with Gasteiger partial charge in [-0.1, -0.05) is 43.3 Å². The predicted molar refractivity (Wildman–Crippen MR) is 74.9 cm³/mol. The molecule has 19 heavy (non-hydrogen) atoms. The normalized spacial score (nSPS) is 12.9. The van der Waals surface area contributed by atoms with Gasteiger partial charge in [0.05, 0.1) is 12.2 Å². The molecule has 3 rings (SSSR count). The minimum atomic E-state index is 0.0430. The molecule has 0 saturated heterocycles. The number of para-hydroxylation sites is 1. The molecule has 1 aliphatic heterocycles. The van der Waals surface area contributed by atoms with Crippen LogP contribution < -0.4 is 4.74 Å². The number of ether oxygens (including phenoxy) is 1. The second-order valence-corrected chi connectivity index (χ2v) is 4.77. The second-order valence-electron chi connectivity index (χ2n) is 4.77. The van der Waals surface area contributed by atoms with Crippen LogP contribution >= 0.6 is 0 Å². The zero-order valence-corrected chi connectivity index (χ0v) is 11.0. The highest BCUT2D eigenvalue weighted by Crippen LogP contribution is 2.31. The predicted octanol–water partition coefficient (Wildman–Crippen LogP) is 3.41. The summed E-state index contributed by atoms with van der Waals surface area (Å²) >= 11 is 0.